The molecule has 0 saturated heterocycles. The van der Waals surface area contributed by atoms with E-state index in [0.29, 0.717) is 12.8 Å². The molecule has 0 aromatic heterocycles. The predicted octanol–water partition coefficient (Wildman–Crippen LogP) is 13.4. The first kappa shape index (κ1) is 57.0. The number of esters is 2. The molecule has 0 rings (SSSR count). The lowest BCUT2D eigenvalue weighted by atomic mass is 10.0. The smallest absolute Gasteiger partial charge is 0.457 e. The molecule has 0 aliphatic heterocycles. The molecule has 0 radical (unpaired) electrons. The molecule has 0 aromatic rings. The summed E-state index contributed by atoms with van der Waals surface area (Å²) in [7, 11) is -4.63. The highest BCUT2D eigenvalue weighted by Gasteiger charge is 2.27. The zero-order valence-electron chi connectivity index (χ0n) is 37.8. The Labute approximate surface area is 356 Å². The number of aliphatic hydroxyl groups excluding tert-OH is 2. The quantitative estimate of drug-likeness (QED) is 0.0307. The Morgan fingerprint density at radius 3 is 0.810 bits per heavy atom. The minimum Gasteiger partial charge on any atom is -0.457 e. The van der Waals surface area contributed by atoms with Crippen molar-refractivity contribution in [3.63, 3.8) is 0 Å². The van der Waals surface area contributed by atoms with E-state index in [1.165, 1.54) is 173 Å². The normalized spacial score (nSPS) is 13.7. The van der Waals surface area contributed by atoms with Crippen molar-refractivity contribution in [1.82, 2.24) is 0 Å². The zero-order valence-corrected chi connectivity index (χ0v) is 38.7. The molecule has 346 valence electrons. The van der Waals surface area contributed by atoms with E-state index in [1.54, 1.807) is 0 Å². The van der Waals surface area contributed by atoms with Gasteiger partial charge in [-0.1, -0.05) is 226 Å². The Kier molecular flexibility index (Phi) is 43.3. The number of phosphoric ester groups is 1. The van der Waals surface area contributed by atoms with Gasteiger partial charge in [-0.2, -0.15) is 0 Å². The van der Waals surface area contributed by atoms with E-state index in [-0.39, 0.29) is 12.8 Å². The van der Waals surface area contributed by atoms with Crippen LogP contribution in [-0.4, -0.2) is 65.7 Å². The molecule has 11 heteroatoms. The molecule has 3 atom stereocenters. The van der Waals surface area contributed by atoms with Crippen molar-refractivity contribution in [2.75, 3.05) is 26.4 Å². The van der Waals surface area contributed by atoms with Gasteiger partial charge in [-0.05, 0) is 12.8 Å². The van der Waals surface area contributed by atoms with Gasteiger partial charge in [0, 0.05) is 12.8 Å². The van der Waals surface area contributed by atoms with Gasteiger partial charge in [0.15, 0.2) is 0 Å². The SMILES string of the molecule is CCCCCCCCCCCCCCCCCCCCCCCC(=O)OC(CO)COP(=O)(O)OCC(CO)OC(=O)CCCCCCCCCCCCCCCC. The fourth-order valence-electron chi connectivity index (χ4n) is 7.29. The third-order valence-electron chi connectivity index (χ3n) is 11.1. The van der Waals surface area contributed by atoms with Crippen molar-refractivity contribution in [3.05, 3.63) is 0 Å². The average Bonchev–Trinajstić information content (AvgIpc) is 3.21. The number of hydrogen-bond acceptors (Lipinski definition) is 9. The number of rotatable bonds is 47. The van der Waals surface area contributed by atoms with Crippen molar-refractivity contribution >= 4 is 19.8 Å². The Balaban J connectivity index is 3.80. The molecule has 3 unspecified atom stereocenters. The molecule has 0 aromatic carbocycles. The van der Waals surface area contributed by atoms with Crippen molar-refractivity contribution in [3.8, 4) is 0 Å². The molecule has 0 bridgehead atoms. The van der Waals surface area contributed by atoms with Crippen LogP contribution in [0.2, 0.25) is 0 Å². The zero-order chi connectivity index (χ0) is 42.6. The lowest BCUT2D eigenvalue weighted by molar-refractivity contribution is -0.153. The Hall–Kier alpha value is -1.03. The minimum atomic E-state index is -4.63. The molecule has 58 heavy (non-hydrogen) atoms. The fraction of sp³-hybridized carbons (Fsp3) is 0.957. The summed E-state index contributed by atoms with van der Waals surface area (Å²) in [5.74, 6) is -1.00. The second-order valence-corrected chi connectivity index (χ2v) is 18.3. The average molecular weight is 849 g/mol. The molecule has 0 fully saturated rings. The topological polar surface area (TPSA) is 149 Å². The number of phosphoric acid groups is 1. The largest absolute Gasteiger partial charge is 0.472 e. The van der Waals surface area contributed by atoms with E-state index in [9.17, 15) is 29.3 Å². The van der Waals surface area contributed by atoms with Crippen molar-refractivity contribution in [1.29, 1.82) is 0 Å². The Bertz CT molecular complexity index is 935. The van der Waals surface area contributed by atoms with E-state index >= 15 is 0 Å². The maximum atomic E-state index is 12.4. The third-order valence-corrected chi connectivity index (χ3v) is 12.0. The molecule has 0 heterocycles. The molecule has 0 amide bonds. The highest BCUT2D eigenvalue weighted by molar-refractivity contribution is 7.47. The van der Waals surface area contributed by atoms with Crippen LogP contribution in [0.5, 0.6) is 0 Å². The third kappa shape index (κ3) is 41.7. The first-order valence-electron chi connectivity index (χ1n) is 24.5. The highest BCUT2D eigenvalue weighted by atomic mass is 31.2. The summed E-state index contributed by atoms with van der Waals surface area (Å²) in [5, 5.41) is 19.2. The van der Waals surface area contributed by atoms with Gasteiger partial charge in [-0.15, -0.1) is 0 Å². The molecular weight excluding hydrogens is 755 g/mol. The maximum Gasteiger partial charge on any atom is 0.472 e. The highest BCUT2D eigenvalue weighted by Crippen LogP contribution is 2.43. The predicted molar refractivity (Wildman–Crippen MR) is 238 cm³/mol. The molecular formula is C47H93O10P. The van der Waals surface area contributed by atoms with Crippen LogP contribution < -0.4 is 0 Å². The van der Waals surface area contributed by atoms with Crippen LogP contribution in [0.3, 0.4) is 0 Å². The summed E-state index contributed by atoms with van der Waals surface area (Å²) in [4.78, 5) is 34.6. The van der Waals surface area contributed by atoms with E-state index in [0.717, 1.165) is 38.5 Å². The maximum absolute atomic E-state index is 12.4. The van der Waals surface area contributed by atoms with Crippen molar-refractivity contribution in [2.45, 2.75) is 264 Å². The van der Waals surface area contributed by atoms with Gasteiger partial charge >= 0.3 is 19.8 Å². The van der Waals surface area contributed by atoms with E-state index in [4.69, 9.17) is 18.5 Å². The summed E-state index contributed by atoms with van der Waals surface area (Å²) in [6.07, 6.45) is 42.2. The van der Waals surface area contributed by atoms with Gasteiger partial charge in [0.05, 0.1) is 26.4 Å². The van der Waals surface area contributed by atoms with Gasteiger partial charge in [0.1, 0.15) is 12.2 Å². The summed E-state index contributed by atoms with van der Waals surface area (Å²) >= 11 is 0. The van der Waals surface area contributed by atoms with Gasteiger partial charge in [-0.3, -0.25) is 18.6 Å². The standard InChI is InChI=1S/C47H93O10P/c1-3-5-7-9-11-13-15-17-19-20-21-22-23-24-25-27-29-31-33-35-37-39-47(51)57-45(41-49)43-55-58(52,53)54-42-44(40-48)56-46(50)38-36-34-32-30-28-26-18-16-14-12-10-8-6-4-2/h44-45,48-49H,3-43H2,1-2H3,(H,52,53). The monoisotopic (exact) mass is 849 g/mol. The van der Waals surface area contributed by atoms with Crippen LogP contribution >= 0.6 is 7.82 Å². The second kappa shape index (κ2) is 44.0. The van der Waals surface area contributed by atoms with Crippen LogP contribution in [0.1, 0.15) is 251 Å². The first-order valence-corrected chi connectivity index (χ1v) is 26.0. The van der Waals surface area contributed by atoms with Crippen LogP contribution in [-0.2, 0) is 32.7 Å². The lowest BCUT2D eigenvalue weighted by Crippen LogP contribution is -2.28. The van der Waals surface area contributed by atoms with Gasteiger partial charge < -0.3 is 24.6 Å². The van der Waals surface area contributed by atoms with E-state index < -0.39 is 58.4 Å². The van der Waals surface area contributed by atoms with Gasteiger partial charge in [-0.25, -0.2) is 4.57 Å². The van der Waals surface area contributed by atoms with Crippen LogP contribution in [0, 0.1) is 0 Å². The van der Waals surface area contributed by atoms with Crippen LogP contribution in [0.4, 0.5) is 0 Å². The number of carbonyl (C=O) groups is 2. The summed E-state index contributed by atoms with van der Waals surface area (Å²) in [5.41, 5.74) is 0. The molecule has 3 N–H and O–H groups in total. The number of unbranched alkanes of at least 4 members (excludes halogenated alkanes) is 33. The van der Waals surface area contributed by atoms with Crippen LogP contribution in [0.15, 0.2) is 0 Å². The fourth-order valence-corrected chi connectivity index (χ4v) is 8.08. The molecule has 10 nitrogen and oxygen atoms in total. The van der Waals surface area contributed by atoms with Crippen LogP contribution in [0.25, 0.3) is 0 Å². The molecule has 0 aliphatic carbocycles. The summed E-state index contributed by atoms with van der Waals surface area (Å²) < 4.78 is 32.7. The molecule has 0 aliphatic rings. The van der Waals surface area contributed by atoms with Crippen molar-refractivity contribution in [2.24, 2.45) is 0 Å². The number of ether oxygens (including phenoxy) is 2. The van der Waals surface area contributed by atoms with E-state index in [1.807, 2.05) is 0 Å². The first-order chi connectivity index (χ1) is 28.3. The second-order valence-electron chi connectivity index (χ2n) is 16.8. The lowest BCUT2D eigenvalue weighted by Gasteiger charge is -2.20. The van der Waals surface area contributed by atoms with E-state index in [2.05, 4.69) is 13.8 Å². The Morgan fingerprint density at radius 2 is 0.603 bits per heavy atom. The van der Waals surface area contributed by atoms with Gasteiger partial charge in [0.2, 0.25) is 0 Å². The number of hydrogen-bond donors (Lipinski definition) is 3. The molecule has 0 saturated carbocycles. The molecule has 0 spiro atoms. The Morgan fingerprint density at radius 1 is 0.397 bits per heavy atom. The number of aliphatic hydroxyl groups is 2. The number of carbonyl (C=O) groups excluding carboxylic acids is 2. The van der Waals surface area contributed by atoms with Crippen molar-refractivity contribution < 1.29 is 47.8 Å². The summed E-state index contributed by atoms with van der Waals surface area (Å²) in [6, 6.07) is 0. The van der Waals surface area contributed by atoms with Gasteiger partial charge in [0.25, 0.3) is 0 Å². The minimum absolute atomic E-state index is 0.199. The summed E-state index contributed by atoms with van der Waals surface area (Å²) in [6.45, 7) is 2.27.